The van der Waals surface area contributed by atoms with Crippen LogP contribution in [0.5, 0.6) is 0 Å². The predicted octanol–water partition coefficient (Wildman–Crippen LogP) is 3.65. The standard InChI is InChI=1S/C15H26O2/c1-10(2)9-17-13(16)12-8-11-6-7-15(12,5)14(11,3)4/h10-12H,6-9H2,1-5H3/t11?,12?,15-/m0/s1. The van der Waals surface area contributed by atoms with Crippen LogP contribution in [0, 0.1) is 28.6 Å². The average molecular weight is 238 g/mol. The Labute approximate surface area is 105 Å². The average Bonchev–Trinajstić information content (AvgIpc) is 2.57. The zero-order chi connectivity index (χ0) is 12.8. The molecule has 0 aromatic heterocycles. The minimum atomic E-state index is 0.0523. The first-order valence-electron chi connectivity index (χ1n) is 6.95. The van der Waals surface area contributed by atoms with Crippen LogP contribution >= 0.6 is 0 Å². The maximum absolute atomic E-state index is 12.2. The third-order valence-corrected chi connectivity index (χ3v) is 5.64. The number of esters is 1. The van der Waals surface area contributed by atoms with Gasteiger partial charge in [-0.05, 0) is 41.9 Å². The van der Waals surface area contributed by atoms with E-state index in [9.17, 15) is 4.79 Å². The molecule has 0 aliphatic heterocycles. The molecule has 0 saturated heterocycles. The summed E-state index contributed by atoms with van der Waals surface area (Å²) in [5.41, 5.74) is 0.459. The van der Waals surface area contributed by atoms with Gasteiger partial charge in [-0.25, -0.2) is 0 Å². The monoisotopic (exact) mass is 238 g/mol. The maximum atomic E-state index is 12.2. The van der Waals surface area contributed by atoms with Gasteiger partial charge in [0.15, 0.2) is 0 Å². The Kier molecular flexibility index (Phi) is 3.04. The third-order valence-electron chi connectivity index (χ3n) is 5.64. The van der Waals surface area contributed by atoms with Gasteiger partial charge in [0.1, 0.15) is 0 Å². The zero-order valence-corrected chi connectivity index (χ0v) is 11.9. The summed E-state index contributed by atoms with van der Waals surface area (Å²) >= 11 is 0. The lowest BCUT2D eigenvalue weighted by Crippen LogP contribution is -2.37. The van der Waals surface area contributed by atoms with E-state index in [0.717, 1.165) is 6.42 Å². The molecule has 2 heteroatoms. The summed E-state index contributed by atoms with van der Waals surface area (Å²) in [5.74, 6) is 1.33. The van der Waals surface area contributed by atoms with E-state index < -0.39 is 0 Å². The van der Waals surface area contributed by atoms with Crippen molar-refractivity contribution in [2.75, 3.05) is 6.61 Å². The molecule has 2 fully saturated rings. The van der Waals surface area contributed by atoms with Gasteiger partial charge in [0, 0.05) is 0 Å². The second-order valence-corrected chi connectivity index (χ2v) is 7.19. The van der Waals surface area contributed by atoms with Crippen molar-refractivity contribution < 1.29 is 9.53 Å². The lowest BCUT2D eigenvalue weighted by atomic mass is 9.67. The Balaban J connectivity index is 2.07. The Morgan fingerprint density at radius 1 is 1.35 bits per heavy atom. The molecule has 2 aliphatic carbocycles. The van der Waals surface area contributed by atoms with Gasteiger partial charge >= 0.3 is 5.97 Å². The largest absolute Gasteiger partial charge is 0.465 e. The molecule has 2 rings (SSSR count). The van der Waals surface area contributed by atoms with E-state index in [2.05, 4.69) is 34.6 Å². The van der Waals surface area contributed by atoms with E-state index >= 15 is 0 Å². The fourth-order valence-corrected chi connectivity index (χ4v) is 3.91. The predicted molar refractivity (Wildman–Crippen MR) is 68.5 cm³/mol. The van der Waals surface area contributed by atoms with Gasteiger partial charge in [0.25, 0.3) is 0 Å². The van der Waals surface area contributed by atoms with Crippen LogP contribution in [0.15, 0.2) is 0 Å². The van der Waals surface area contributed by atoms with Crippen LogP contribution in [0.3, 0.4) is 0 Å². The molecular weight excluding hydrogens is 212 g/mol. The van der Waals surface area contributed by atoms with Gasteiger partial charge in [-0.15, -0.1) is 0 Å². The summed E-state index contributed by atoms with van der Waals surface area (Å²) in [7, 11) is 0. The van der Waals surface area contributed by atoms with Crippen LogP contribution in [-0.4, -0.2) is 12.6 Å². The molecule has 2 unspecified atom stereocenters. The maximum Gasteiger partial charge on any atom is 0.309 e. The lowest BCUT2D eigenvalue weighted by Gasteiger charge is -2.38. The van der Waals surface area contributed by atoms with Crippen LogP contribution in [0.4, 0.5) is 0 Å². The molecule has 2 nitrogen and oxygen atoms in total. The number of fused-ring (bicyclic) bond motifs is 2. The minimum Gasteiger partial charge on any atom is -0.465 e. The third kappa shape index (κ3) is 1.80. The fraction of sp³-hybridized carbons (Fsp3) is 0.933. The van der Waals surface area contributed by atoms with E-state index in [1.807, 2.05) is 0 Å². The molecule has 0 radical (unpaired) electrons. The van der Waals surface area contributed by atoms with Gasteiger partial charge in [-0.2, -0.15) is 0 Å². The van der Waals surface area contributed by atoms with Crippen molar-refractivity contribution >= 4 is 5.97 Å². The highest BCUT2D eigenvalue weighted by atomic mass is 16.5. The Bertz CT molecular complexity index is 319. The smallest absolute Gasteiger partial charge is 0.309 e. The van der Waals surface area contributed by atoms with Crippen LogP contribution in [0.2, 0.25) is 0 Å². The first-order chi connectivity index (χ1) is 7.79. The summed E-state index contributed by atoms with van der Waals surface area (Å²) in [6.45, 7) is 11.7. The molecule has 2 aliphatic rings. The molecule has 0 heterocycles. The van der Waals surface area contributed by atoms with Crippen molar-refractivity contribution in [3.63, 3.8) is 0 Å². The SMILES string of the molecule is CC(C)COC(=O)C1CC2CC[C@]1(C)C2(C)C. The van der Waals surface area contributed by atoms with E-state index in [-0.39, 0.29) is 17.3 Å². The normalized spacial score (nSPS) is 38.7. The van der Waals surface area contributed by atoms with E-state index in [4.69, 9.17) is 4.74 Å². The highest BCUT2D eigenvalue weighted by Gasteiger charge is 2.63. The molecule has 0 aromatic carbocycles. The summed E-state index contributed by atoms with van der Waals surface area (Å²) < 4.78 is 5.46. The van der Waals surface area contributed by atoms with Crippen LogP contribution in [0.1, 0.15) is 53.9 Å². The van der Waals surface area contributed by atoms with Crippen LogP contribution in [-0.2, 0) is 9.53 Å². The topological polar surface area (TPSA) is 26.3 Å². The summed E-state index contributed by atoms with van der Waals surface area (Å²) in [6, 6.07) is 0. The number of hydrogen-bond acceptors (Lipinski definition) is 2. The zero-order valence-electron chi connectivity index (χ0n) is 11.9. The highest BCUT2D eigenvalue weighted by Crippen LogP contribution is 2.68. The first-order valence-corrected chi connectivity index (χ1v) is 6.95. The van der Waals surface area contributed by atoms with Crippen molar-refractivity contribution in [2.24, 2.45) is 28.6 Å². The van der Waals surface area contributed by atoms with Gasteiger partial charge in [0.05, 0.1) is 12.5 Å². The second kappa shape index (κ2) is 4.00. The molecule has 0 N–H and O–H groups in total. The number of carbonyl (C=O) groups is 1. The molecular formula is C15H26O2. The molecule has 0 spiro atoms. The summed E-state index contributed by atoms with van der Waals surface area (Å²) in [4.78, 5) is 12.2. The van der Waals surface area contributed by atoms with Crippen molar-refractivity contribution in [3.05, 3.63) is 0 Å². The van der Waals surface area contributed by atoms with E-state index in [1.165, 1.54) is 12.8 Å². The number of hydrogen-bond donors (Lipinski definition) is 0. The Morgan fingerprint density at radius 3 is 2.41 bits per heavy atom. The molecule has 3 atom stereocenters. The van der Waals surface area contributed by atoms with Gasteiger partial charge in [-0.3, -0.25) is 4.79 Å². The molecule has 17 heavy (non-hydrogen) atoms. The van der Waals surface area contributed by atoms with E-state index in [0.29, 0.717) is 23.9 Å². The summed E-state index contributed by atoms with van der Waals surface area (Å²) in [6.07, 6.45) is 3.52. The Hall–Kier alpha value is -0.530. The highest BCUT2D eigenvalue weighted by molar-refractivity contribution is 5.74. The summed E-state index contributed by atoms with van der Waals surface area (Å²) in [5, 5.41) is 0. The van der Waals surface area contributed by atoms with Crippen molar-refractivity contribution in [1.82, 2.24) is 0 Å². The molecule has 0 amide bonds. The van der Waals surface area contributed by atoms with Crippen molar-refractivity contribution in [1.29, 1.82) is 0 Å². The number of carbonyl (C=O) groups excluding carboxylic acids is 1. The lowest BCUT2D eigenvalue weighted by molar-refractivity contribution is -0.155. The molecule has 0 aromatic rings. The van der Waals surface area contributed by atoms with Crippen molar-refractivity contribution in [3.8, 4) is 0 Å². The minimum absolute atomic E-state index is 0.0523. The van der Waals surface area contributed by atoms with Crippen molar-refractivity contribution in [2.45, 2.75) is 53.9 Å². The fourth-order valence-electron chi connectivity index (χ4n) is 3.91. The van der Waals surface area contributed by atoms with E-state index in [1.54, 1.807) is 0 Å². The molecule has 98 valence electrons. The Morgan fingerprint density at radius 2 is 2.00 bits per heavy atom. The molecule has 2 bridgehead atoms. The second-order valence-electron chi connectivity index (χ2n) is 7.19. The van der Waals surface area contributed by atoms with Gasteiger partial charge in [0.2, 0.25) is 0 Å². The van der Waals surface area contributed by atoms with Crippen LogP contribution < -0.4 is 0 Å². The van der Waals surface area contributed by atoms with Crippen LogP contribution in [0.25, 0.3) is 0 Å². The van der Waals surface area contributed by atoms with Gasteiger partial charge in [-0.1, -0.05) is 34.6 Å². The first kappa shape index (κ1) is 12.9. The quantitative estimate of drug-likeness (QED) is 0.702. The number of rotatable bonds is 3. The van der Waals surface area contributed by atoms with Gasteiger partial charge < -0.3 is 4.74 Å². The molecule has 2 saturated carbocycles. The number of ether oxygens (including phenoxy) is 1.